The van der Waals surface area contributed by atoms with Gasteiger partial charge in [0.1, 0.15) is 5.76 Å². The second kappa shape index (κ2) is 7.31. The lowest BCUT2D eigenvalue weighted by molar-refractivity contribution is 0.0665. The van der Waals surface area contributed by atoms with Crippen molar-refractivity contribution in [3.63, 3.8) is 0 Å². The molecule has 5 nitrogen and oxygen atoms in total. The molecule has 1 saturated heterocycles. The van der Waals surface area contributed by atoms with Gasteiger partial charge in [0, 0.05) is 11.1 Å². The second-order valence-electron chi connectivity index (χ2n) is 5.82. The van der Waals surface area contributed by atoms with Crippen molar-refractivity contribution in [3.05, 3.63) is 56.4 Å². The van der Waals surface area contributed by atoms with Gasteiger partial charge in [0.05, 0.1) is 28.6 Å². The van der Waals surface area contributed by atoms with Crippen LogP contribution in [0.3, 0.4) is 0 Å². The molecule has 1 atom stereocenters. The van der Waals surface area contributed by atoms with Gasteiger partial charge in [-0.1, -0.05) is 23.2 Å². The van der Waals surface area contributed by atoms with Crippen LogP contribution in [0.1, 0.15) is 22.5 Å². The fourth-order valence-electron chi connectivity index (χ4n) is 2.81. The zero-order chi connectivity index (χ0) is 18.2. The van der Waals surface area contributed by atoms with Crippen LogP contribution < -0.4 is 0 Å². The van der Waals surface area contributed by atoms with E-state index in [9.17, 15) is 13.2 Å². The highest BCUT2D eigenvalue weighted by molar-refractivity contribution is 9.10. The van der Waals surface area contributed by atoms with Gasteiger partial charge >= 0.3 is 0 Å². The van der Waals surface area contributed by atoms with Gasteiger partial charge in [-0.25, -0.2) is 8.42 Å². The largest absolute Gasteiger partial charge is 0.452 e. The molecular formula is C16H14BrCl2NO4S. The topological polar surface area (TPSA) is 67.6 Å². The molecule has 2 heterocycles. The van der Waals surface area contributed by atoms with Crippen LogP contribution in [0.15, 0.2) is 39.4 Å². The summed E-state index contributed by atoms with van der Waals surface area (Å²) in [6.07, 6.45) is 0.390. The molecule has 9 heteroatoms. The molecule has 134 valence electrons. The minimum absolute atomic E-state index is 0.0637. The fourth-order valence-corrected chi connectivity index (χ4v) is 5.37. The highest BCUT2D eigenvalue weighted by Gasteiger charge is 2.36. The molecule has 1 unspecified atom stereocenters. The second-order valence-corrected chi connectivity index (χ2v) is 9.67. The molecule has 1 aromatic heterocycles. The summed E-state index contributed by atoms with van der Waals surface area (Å²) in [7, 11) is -3.15. The number of carbonyl (C=O) groups excluding carboxylic acids is 1. The number of furan rings is 1. The van der Waals surface area contributed by atoms with E-state index in [0.29, 0.717) is 21.9 Å². The van der Waals surface area contributed by atoms with E-state index in [0.717, 1.165) is 0 Å². The minimum atomic E-state index is -3.15. The Labute approximate surface area is 163 Å². The van der Waals surface area contributed by atoms with Crippen LogP contribution in [0, 0.1) is 0 Å². The van der Waals surface area contributed by atoms with Crippen molar-refractivity contribution in [1.82, 2.24) is 4.90 Å². The molecule has 0 aliphatic carbocycles. The van der Waals surface area contributed by atoms with E-state index in [-0.39, 0.29) is 34.5 Å². The van der Waals surface area contributed by atoms with Crippen LogP contribution in [0.25, 0.3) is 0 Å². The van der Waals surface area contributed by atoms with E-state index >= 15 is 0 Å². The Morgan fingerprint density at radius 3 is 2.60 bits per heavy atom. The van der Waals surface area contributed by atoms with Gasteiger partial charge in [-0.3, -0.25) is 4.79 Å². The molecule has 25 heavy (non-hydrogen) atoms. The van der Waals surface area contributed by atoms with Crippen molar-refractivity contribution >= 4 is 54.9 Å². The lowest BCUT2D eigenvalue weighted by Crippen LogP contribution is -2.40. The van der Waals surface area contributed by atoms with E-state index in [1.54, 1.807) is 24.3 Å². The number of sulfone groups is 1. The Hall–Kier alpha value is -1.02. The van der Waals surface area contributed by atoms with Crippen molar-refractivity contribution < 1.29 is 17.6 Å². The zero-order valence-corrected chi connectivity index (χ0v) is 16.8. The third-order valence-corrected chi connectivity index (χ3v) is 6.75. The molecule has 0 saturated carbocycles. The van der Waals surface area contributed by atoms with Gasteiger partial charge < -0.3 is 9.32 Å². The molecular weight excluding hydrogens is 453 g/mol. The van der Waals surface area contributed by atoms with Crippen LogP contribution in [0.4, 0.5) is 0 Å². The molecule has 2 aromatic rings. The number of hydrogen-bond acceptors (Lipinski definition) is 4. The summed E-state index contributed by atoms with van der Waals surface area (Å²) in [4.78, 5) is 14.5. The Kier molecular flexibility index (Phi) is 5.48. The highest BCUT2D eigenvalue weighted by atomic mass is 79.9. The summed E-state index contributed by atoms with van der Waals surface area (Å²) in [5.41, 5.74) is 0.279. The first kappa shape index (κ1) is 18.8. The Morgan fingerprint density at radius 2 is 2.04 bits per heavy atom. The van der Waals surface area contributed by atoms with Crippen molar-refractivity contribution in [2.75, 3.05) is 11.5 Å². The zero-order valence-electron chi connectivity index (χ0n) is 12.9. The number of nitrogens with zero attached hydrogens (tertiary/aromatic N) is 1. The van der Waals surface area contributed by atoms with E-state index < -0.39 is 15.9 Å². The standard InChI is InChI=1S/C16H14BrCl2NO4S/c17-15-4-2-12(24-15)8-20(11-5-6-25(22,23)9-11)16(21)13-3-1-10(18)7-14(13)19/h1-4,7,11H,5-6,8-9H2. The third kappa shape index (κ3) is 4.39. The summed E-state index contributed by atoms with van der Waals surface area (Å²) in [5.74, 6) is 0.203. The first-order valence-electron chi connectivity index (χ1n) is 7.46. The maximum absolute atomic E-state index is 13.0. The van der Waals surface area contributed by atoms with Gasteiger partial charge in [0.25, 0.3) is 5.91 Å². The fraction of sp³-hybridized carbons (Fsp3) is 0.312. The Balaban J connectivity index is 1.93. The molecule has 1 aliphatic heterocycles. The Morgan fingerprint density at radius 1 is 1.28 bits per heavy atom. The summed E-state index contributed by atoms with van der Waals surface area (Å²) >= 11 is 15.3. The molecule has 0 N–H and O–H groups in total. The number of hydrogen-bond donors (Lipinski definition) is 0. The van der Waals surface area contributed by atoms with E-state index in [4.69, 9.17) is 27.6 Å². The lowest BCUT2D eigenvalue weighted by atomic mass is 10.1. The Bertz CT molecular complexity index is 913. The smallest absolute Gasteiger partial charge is 0.256 e. The molecule has 1 fully saturated rings. The summed E-state index contributed by atoms with van der Waals surface area (Å²) in [5, 5.41) is 0.649. The average Bonchev–Trinajstić information content (AvgIpc) is 3.09. The molecule has 1 aliphatic rings. The van der Waals surface area contributed by atoms with Crippen molar-refractivity contribution in [1.29, 1.82) is 0 Å². The molecule has 1 amide bonds. The summed E-state index contributed by atoms with van der Waals surface area (Å²) < 4.78 is 29.7. The van der Waals surface area contributed by atoms with Gasteiger partial charge in [-0.05, 0) is 52.7 Å². The van der Waals surface area contributed by atoms with E-state index in [1.807, 2.05) is 0 Å². The van der Waals surface area contributed by atoms with Crippen LogP contribution in [-0.2, 0) is 16.4 Å². The summed E-state index contributed by atoms with van der Waals surface area (Å²) in [6.45, 7) is 0.156. The van der Waals surface area contributed by atoms with Gasteiger partial charge in [0.15, 0.2) is 14.5 Å². The number of halogens is 3. The van der Waals surface area contributed by atoms with Crippen molar-refractivity contribution in [2.24, 2.45) is 0 Å². The third-order valence-electron chi connectivity index (χ3n) is 4.03. The molecule has 0 bridgehead atoms. The number of benzene rings is 1. The molecule has 0 radical (unpaired) electrons. The molecule has 3 rings (SSSR count). The maximum atomic E-state index is 13.0. The number of amides is 1. The van der Waals surface area contributed by atoms with E-state index in [2.05, 4.69) is 15.9 Å². The monoisotopic (exact) mass is 465 g/mol. The van der Waals surface area contributed by atoms with Crippen LogP contribution in [0.5, 0.6) is 0 Å². The quantitative estimate of drug-likeness (QED) is 0.677. The van der Waals surface area contributed by atoms with Crippen LogP contribution in [0.2, 0.25) is 10.0 Å². The predicted octanol–water partition coefficient (Wildman–Crippen LogP) is 4.18. The number of carbonyl (C=O) groups is 1. The van der Waals surface area contributed by atoms with Gasteiger partial charge in [0.2, 0.25) is 0 Å². The SMILES string of the molecule is O=C(c1ccc(Cl)cc1Cl)N(Cc1ccc(Br)o1)C1CCS(=O)(=O)C1. The normalized spacial score (nSPS) is 19.1. The lowest BCUT2D eigenvalue weighted by Gasteiger charge is -2.28. The highest BCUT2D eigenvalue weighted by Crippen LogP contribution is 2.27. The number of rotatable bonds is 4. The molecule has 1 aromatic carbocycles. The maximum Gasteiger partial charge on any atom is 0.256 e. The van der Waals surface area contributed by atoms with Gasteiger partial charge in [-0.15, -0.1) is 0 Å². The minimum Gasteiger partial charge on any atom is -0.452 e. The van der Waals surface area contributed by atoms with Crippen LogP contribution in [-0.4, -0.2) is 36.8 Å². The predicted molar refractivity (Wildman–Crippen MR) is 99.8 cm³/mol. The van der Waals surface area contributed by atoms with Crippen molar-refractivity contribution in [3.8, 4) is 0 Å². The molecule has 0 spiro atoms. The first-order valence-corrected chi connectivity index (χ1v) is 10.8. The van der Waals surface area contributed by atoms with Crippen LogP contribution >= 0.6 is 39.1 Å². The summed E-state index contributed by atoms with van der Waals surface area (Å²) in [6, 6.07) is 7.64. The average molecular weight is 467 g/mol. The van der Waals surface area contributed by atoms with Gasteiger partial charge in [-0.2, -0.15) is 0 Å². The van der Waals surface area contributed by atoms with E-state index in [1.165, 1.54) is 11.0 Å². The first-order chi connectivity index (χ1) is 11.7. The van der Waals surface area contributed by atoms with Crippen molar-refractivity contribution in [2.45, 2.75) is 19.0 Å².